The summed E-state index contributed by atoms with van der Waals surface area (Å²) in [5, 5.41) is 2.77. The van der Waals surface area contributed by atoms with Crippen LogP contribution in [0.1, 0.15) is 31.7 Å². The van der Waals surface area contributed by atoms with E-state index in [2.05, 4.69) is 11.4 Å². The fraction of sp³-hybridized carbons (Fsp3) is 0.444. The molecule has 0 aromatic heterocycles. The standard InChI is InChI=1S/C18H23NO4/c1-13(23-18(21)15-6-4-3-5-7-15)17(20)19-12-14-8-10-16(22-2)11-9-14/h3-4,8-11,13,15H,5-7,12H2,1-2H3,(H,19,20)/t13-,15-/m1/s1. The highest BCUT2D eigenvalue weighted by Gasteiger charge is 2.24. The van der Waals surface area contributed by atoms with Crippen LogP contribution in [-0.4, -0.2) is 25.1 Å². The predicted molar refractivity (Wildman–Crippen MR) is 86.9 cm³/mol. The lowest BCUT2D eigenvalue weighted by Gasteiger charge is -2.19. The van der Waals surface area contributed by atoms with Gasteiger partial charge in [-0.05, 0) is 43.9 Å². The zero-order chi connectivity index (χ0) is 16.7. The molecule has 0 bridgehead atoms. The third-order valence-electron chi connectivity index (χ3n) is 3.89. The Morgan fingerprint density at radius 2 is 2.00 bits per heavy atom. The summed E-state index contributed by atoms with van der Waals surface area (Å²) in [5.41, 5.74) is 0.954. The van der Waals surface area contributed by atoms with Crippen molar-refractivity contribution in [1.29, 1.82) is 0 Å². The van der Waals surface area contributed by atoms with Crippen LogP contribution in [0, 0.1) is 5.92 Å². The molecule has 0 spiro atoms. The van der Waals surface area contributed by atoms with Gasteiger partial charge in [0.25, 0.3) is 5.91 Å². The van der Waals surface area contributed by atoms with E-state index in [1.54, 1.807) is 14.0 Å². The van der Waals surface area contributed by atoms with Crippen LogP contribution in [0.15, 0.2) is 36.4 Å². The van der Waals surface area contributed by atoms with Crippen LogP contribution < -0.4 is 10.1 Å². The van der Waals surface area contributed by atoms with Gasteiger partial charge < -0.3 is 14.8 Å². The Kier molecular flexibility index (Phi) is 6.20. The van der Waals surface area contributed by atoms with Crippen molar-refractivity contribution in [1.82, 2.24) is 5.32 Å². The fourth-order valence-electron chi connectivity index (χ4n) is 2.41. The first-order valence-electron chi connectivity index (χ1n) is 7.86. The summed E-state index contributed by atoms with van der Waals surface area (Å²) in [4.78, 5) is 24.0. The van der Waals surface area contributed by atoms with Crippen molar-refractivity contribution in [2.24, 2.45) is 5.92 Å². The molecular weight excluding hydrogens is 294 g/mol. The third-order valence-corrected chi connectivity index (χ3v) is 3.89. The molecule has 0 radical (unpaired) electrons. The highest BCUT2D eigenvalue weighted by atomic mass is 16.5. The van der Waals surface area contributed by atoms with Gasteiger partial charge in [-0.2, -0.15) is 0 Å². The molecule has 0 aliphatic heterocycles. The molecule has 5 nitrogen and oxygen atoms in total. The first kappa shape index (κ1) is 17.1. The van der Waals surface area contributed by atoms with Crippen LogP contribution in [0.5, 0.6) is 5.75 Å². The van der Waals surface area contributed by atoms with E-state index in [0.717, 1.165) is 24.2 Å². The third kappa shape index (κ3) is 5.13. The van der Waals surface area contributed by atoms with Gasteiger partial charge in [-0.1, -0.05) is 24.3 Å². The second-order valence-electron chi connectivity index (χ2n) is 5.63. The Bertz CT molecular complexity index is 565. The van der Waals surface area contributed by atoms with E-state index in [1.165, 1.54) is 0 Å². The van der Waals surface area contributed by atoms with Gasteiger partial charge in [0.15, 0.2) is 6.10 Å². The van der Waals surface area contributed by atoms with Crippen LogP contribution in [0.2, 0.25) is 0 Å². The maximum atomic E-state index is 12.0. The molecule has 0 unspecified atom stereocenters. The molecule has 1 aliphatic rings. The monoisotopic (exact) mass is 317 g/mol. The maximum Gasteiger partial charge on any atom is 0.310 e. The number of allylic oxidation sites excluding steroid dienone is 2. The van der Waals surface area contributed by atoms with E-state index < -0.39 is 6.10 Å². The Balaban J connectivity index is 1.77. The number of carbonyl (C=O) groups is 2. The summed E-state index contributed by atoms with van der Waals surface area (Å²) in [5.74, 6) is 0.0581. The van der Waals surface area contributed by atoms with Gasteiger partial charge in [0, 0.05) is 6.54 Å². The number of hydrogen-bond donors (Lipinski definition) is 1. The lowest BCUT2D eigenvalue weighted by molar-refractivity contribution is -0.159. The van der Waals surface area contributed by atoms with E-state index in [1.807, 2.05) is 30.3 Å². The maximum absolute atomic E-state index is 12.0. The van der Waals surface area contributed by atoms with Crippen LogP contribution in [-0.2, 0) is 20.9 Å². The van der Waals surface area contributed by atoms with Crippen LogP contribution in [0.3, 0.4) is 0 Å². The van der Waals surface area contributed by atoms with Gasteiger partial charge in [-0.3, -0.25) is 9.59 Å². The molecule has 124 valence electrons. The van der Waals surface area contributed by atoms with Crippen molar-refractivity contribution in [3.8, 4) is 5.75 Å². The Morgan fingerprint density at radius 1 is 1.26 bits per heavy atom. The lowest BCUT2D eigenvalue weighted by Crippen LogP contribution is -2.36. The molecule has 2 atom stereocenters. The van der Waals surface area contributed by atoms with Crippen molar-refractivity contribution in [2.75, 3.05) is 7.11 Å². The van der Waals surface area contributed by atoms with Crippen molar-refractivity contribution in [2.45, 2.75) is 38.8 Å². The van der Waals surface area contributed by atoms with Crippen LogP contribution >= 0.6 is 0 Å². The summed E-state index contributed by atoms with van der Waals surface area (Å²) in [6, 6.07) is 7.43. The summed E-state index contributed by atoms with van der Waals surface area (Å²) >= 11 is 0. The minimum absolute atomic E-state index is 0.128. The van der Waals surface area contributed by atoms with Crippen LogP contribution in [0.4, 0.5) is 0 Å². The molecule has 1 aliphatic carbocycles. The van der Waals surface area contributed by atoms with E-state index in [9.17, 15) is 9.59 Å². The number of methoxy groups -OCH3 is 1. The van der Waals surface area contributed by atoms with E-state index in [0.29, 0.717) is 13.0 Å². The van der Waals surface area contributed by atoms with Crippen LogP contribution in [0.25, 0.3) is 0 Å². The molecule has 0 saturated heterocycles. The van der Waals surface area contributed by atoms with Gasteiger partial charge >= 0.3 is 5.97 Å². The Labute approximate surface area is 136 Å². The predicted octanol–water partition coefficient (Wildman–Crippen LogP) is 2.60. The molecule has 23 heavy (non-hydrogen) atoms. The minimum Gasteiger partial charge on any atom is -0.497 e. The second kappa shape index (κ2) is 8.36. The topological polar surface area (TPSA) is 64.6 Å². The van der Waals surface area contributed by atoms with Crippen molar-refractivity contribution in [3.63, 3.8) is 0 Å². The molecular formula is C18H23NO4. The number of amides is 1. The largest absolute Gasteiger partial charge is 0.497 e. The average Bonchev–Trinajstić information content (AvgIpc) is 2.60. The first-order valence-corrected chi connectivity index (χ1v) is 7.86. The molecule has 2 rings (SSSR count). The zero-order valence-electron chi connectivity index (χ0n) is 13.6. The minimum atomic E-state index is -0.786. The number of nitrogens with one attached hydrogen (secondary N) is 1. The lowest BCUT2D eigenvalue weighted by atomic mass is 9.95. The van der Waals surface area contributed by atoms with Crippen molar-refractivity contribution < 1.29 is 19.1 Å². The summed E-state index contributed by atoms with van der Waals surface area (Å²) in [7, 11) is 1.61. The smallest absolute Gasteiger partial charge is 0.310 e. The molecule has 0 saturated carbocycles. The van der Waals surface area contributed by atoms with E-state index in [-0.39, 0.29) is 17.8 Å². The number of rotatable bonds is 6. The van der Waals surface area contributed by atoms with Gasteiger partial charge in [0.2, 0.25) is 0 Å². The van der Waals surface area contributed by atoms with Gasteiger partial charge in [0.1, 0.15) is 5.75 Å². The summed E-state index contributed by atoms with van der Waals surface area (Å²) < 4.78 is 10.4. The molecule has 0 fully saturated rings. The average molecular weight is 317 g/mol. The van der Waals surface area contributed by atoms with Crippen molar-refractivity contribution in [3.05, 3.63) is 42.0 Å². The number of hydrogen-bond acceptors (Lipinski definition) is 4. The molecule has 1 aromatic carbocycles. The second-order valence-corrected chi connectivity index (χ2v) is 5.63. The summed E-state index contributed by atoms with van der Waals surface area (Å²) in [6.07, 6.45) is 5.64. The zero-order valence-corrected chi connectivity index (χ0v) is 13.6. The number of benzene rings is 1. The van der Waals surface area contributed by atoms with Gasteiger partial charge in [0.05, 0.1) is 13.0 Å². The molecule has 0 heterocycles. The van der Waals surface area contributed by atoms with Gasteiger partial charge in [-0.25, -0.2) is 0 Å². The van der Waals surface area contributed by atoms with E-state index in [4.69, 9.17) is 9.47 Å². The Morgan fingerprint density at radius 3 is 2.61 bits per heavy atom. The molecule has 5 heteroatoms. The first-order chi connectivity index (χ1) is 11.1. The van der Waals surface area contributed by atoms with Gasteiger partial charge in [-0.15, -0.1) is 0 Å². The molecule has 1 N–H and O–H groups in total. The number of ether oxygens (including phenoxy) is 2. The van der Waals surface area contributed by atoms with Crippen molar-refractivity contribution >= 4 is 11.9 Å². The molecule has 1 amide bonds. The number of carbonyl (C=O) groups excluding carboxylic acids is 2. The quantitative estimate of drug-likeness (QED) is 0.647. The summed E-state index contributed by atoms with van der Waals surface area (Å²) in [6.45, 7) is 1.98. The Hall–Kier alpha value is -2.30. The highest BCUT2D eigenvalue weighted by molar-refractivity contribution is 5.84. The fourth-order valence-corrected chi connectivity index (χ4v) is 2.41. The SMILES string of the molecule is COc1ccc(CNC(=O)[C@@H](C)OC(=O)[C@@H]2CC=CCC2)cc1. The number of esters is 1. The normalized spacial score (nSPS) is 18.1. The van der Waals surface area contributed by atoms with E-state index >= 15 is 0 Å². The molecule has 1 aromatic rings. The highest BCUT2D eigenvalue weighted by Crippen LogP contribution is 2.20.